The molecule has 5 heteroatoms. The maximum absolute atomic E-state index is 12.2. The number of hydrogen-bond acceptors (Lipinski definition) is 2. The lowest BCUT2D eigenvalue weighted by molar-refractivity contribution is -0.139. The average molecular weight is 389 g/mol. The Bertz CT molecular complexity index is 484. The van der Waals surface area contributed by atoms with Crippen molar-refractivity contribution in [1.82, 2.24) is 5.32 Å². The number of amides is 1. The number of halogens is 1. The van der Waals surface area contributed by atoms with Crippen LogP contribution in [0.4, 0.5) is 0 Å². The Kier molecular flexibility index (Phi) is 6.45. The highest BCUT2D eigenvalue weighted by molar-refractivity contribution is 14.1. The molecule has 20 heavy (non-hydrogen) atoms. The van der Waals surface area contributed by atoms with Crippen molar-refractivity contribution in [3.05, 3.63) is 33.4 Å². The molecule has 0 aliphatic heterocycles. The molecule has 0 unspecified atom stereocenters. The highest BCUT2D eigenvalue weighted by Gasteiger charge is 2.30. The van der Waals surface area contributed by atoms with E-state index in [4.69, 9.17) is 5.11 Å². The minimum absolute atomic E-state index is 0.0440. The van der Waals surface area contributed by atoms with E-state index in [1.807, 2.05) is 38.1 Å². The molecule has 1 aromatic carbocycles. The fourth-order valence-electron chi connectivity index (χ4n) is 2.17. The topological polar surface area (TPSA) is 66.4 Å². The summed E-state index contributed by atoms with van der Waals surface area (Å²) in [6.07, 6.45) is 1.44. The highest BCUT2D eigenvalue weighted by atomic mass is 127. The molecular weight excluding hydrogens is 369 g/mol. The summed E-state index contributed by atoms with van der Waals surface area (Å²) in [7, 11) is 0. The van der Waals surface area contributed by atoms with E-state index >= 15 is 0 Å². The van der Waals surface area contributed by atoms with Crippen LogP contribution in [0.1, 0.15) is 38.7 Å². The van der Waals surface area contributed by atoms with Gasteiger partial charge in [0.2, 0.25) is 5.91 Å². The van der Waals surface area contributed by atoms with Crippen LogP contribution in [0.5, 0.6) is 0 Å². The van der Waals surface area contributed by atoms with Gasteiger partial charge in [-0.25, -0.2) is 0 Å². The van der Waals surface area contributed by atoms with Crippen LogP contribution in [0.3, 0.4) is 0 Å². The van der Waals surface area contributed by atoms with Gasteiger partial charge in [-0.3, -0.25) is 9.59 Å². The summed E-state index contributed by atoms with van der Waals surface area (Å²) in [4.78, 5) is 23.1. The Morgan fingerprint density at radius 3 is 2.35 bits per heavy atom. The number of benzene rings is 1. The molecule has 0 spiro atoms. The van der Waals surface area contributed by atoms with E-state index in [-0.39, 0.29) is 18.7 Å². The maximum atomic E-state index is 12.2. The van der Waals surface area contributed by atoms with E-state index < -0.39 is 11.5 Å². The molecule has 0 aliphatic rings. The van der Waals surface area contributed by atoms with E-state index in [0.717, 1.165) is 9.13 Å². The molecule has 0 heterocycles. The molecule has 0 radical (unpaired) electrons. The standard InChI is InChI=1S/C15H20INO3/c1-3-15(4-2,10-14(19)20)17-13(18)9-11-7-5-6-8-12(11)16/h5-8H,3-4,9-10H2,1-2H3,(H,17,18)(H,19,20). The molecule has 1 rings (SSSR count). The molecule has 0 atom stereocenters. The molecule has 0 saturated carbocycles. The number of rotatable bonds is 7. The van der Waals surface area contributed by atoms with E-state index in [9.17, 15) is 9.59 Å². The number of carbonyl (C=O) groups is 2. The first kappa shape index (κ1) is 16.9. The lowest BCUT2D eigenvalue weighted by Crippen LogP contribution is -2.49. The molecule has 1 aromatic rings. The van der Waals surface area contributed by atoms with Gasteiger partial charge in [-0.05, 0) is 47.1 Å². The van der Waals surface area contributed by atoms with Crippen molar-refractivity contribution in [2.45, 2.75) is 45.1 Å². The summed E-state index contributed by atoms with van der Waals surface area (Å²) >= 11 is 2.20. The minimum atomic E-state index is -0.886. The van der Waals surface area contributed by atoms with Crippen molar-refractivity contribution in [3.8, 4) is 0 Å². The van der Waals surface area contributed by atoms with Crippen molar-refractivity contribution < 1.29 is 14.7 Å². The molecule has 0 aromatic heterocycles. The van der Waals surface area contributed by atoms with Crippen LogP contribution in [0.25, 0.3) is 0 Å². The first-order valence-electron chi connectivity index (χ1n) is 6.68. The number of hydrogen-bond donors (Lipinski definition) is 2. The van der Waals surface area contributed by atoms with Crippen molar-refractivity contribution in [1.29, 1.82) is 0 Å². The number of carboxylic acid groups (broad SMARTS) is 1. The van der Waals surface area contributed by atoms with Gasteiger partial charge in [0, 0.05) is 9.11 Å². The Hall–Kier alpha value is -1.11. The number of nitrogens with one attached hydrogen (secondary N) is 1. The molecule has 4 nitrogen and oxygen atoms in total. The molecule has 110 valence electrons. The lowest BCUT2D eigenvalue weighted by Gasteiger charge is -2.31. The molecule has 0 saturated heterocycles. The third kappa shape index (κ3) is 4.77. The second-order valence-corrected chi connectivity index (χ2v) is 6.04. The summed E-state index contributed by atoms with van der Waals surface area (Å²) in [6.45, 7) is 3.80. The van der Waals surface area contributed by atoms with Crippen LogP contribution in [-0.2, 0) is 16.0 Å². The monoisotopic (exact) mass is 389 g/mol. The van der Waals surface area contributed by atoms with E-state index in [1.165, 1.54) is 0 Å². The van der Waals surface area contributed by atoms with Gasteiger partial charge >= 0.3 is 5.97 Å². The average Bonchev–Trinajstić information content (AvgIpc) is 2.40. The van der Waals surface area contributed by atoms with Gasteiger partial charge in [0.1, 0.15) is 0 Å². The van der Waals surface area contributed by atoms with Gasteiger partial charge in [0.15, 0.2) is 0 Å². The zero-order chi connectivity index (χ0) is 15.2. The van der Waals surface area contributed by atoms with E-state index in [0.29, 0.717) is 12.8 Å². The third-order valence-electron chi connectivity index (χ3n) is 3.56. The Morgan fingerprint density at radius 2 is 1.85 bits per heavy atom. The zero-order valence-electron chi connectivity index (χ0n) is 11.8. The summed E-state index contributed by atoms with van der Waals surface area (Å²) in [6, 6.07) is 7.69. The van der Waals surface area contributed by atoms with Crippen LogP contribution in [0, 0.1) is 3.57 Å². The van der Waals surface area contributed by atoms with Gasteiger partial charge in [0.05, 0.1) is 12.8 Å². The molecule has 1 amide bonds. The van der Waals surface area contributed by atoms with Crippen molar-refractivity contribution in [2.75, 3.05) is 0 Å². The SMILES string of the molecule is CCC(CC)(CC(=O)O)NC(=O)Cc1ccccc1I. The second-order valence-electron chi connectivity index (χ2n) is 4.87. The van der Waals surface area contributed by atoms with Crippen LogP contribution in [0.15, 0.2) is 24.3 Å². The molecular formula is C15H20INO3. The Morgan fingerprint density at radius 1 is 1.25 bits per heavy atom. The third-order valence-corrected chi connectivity index (χ3v) is 4.61. The quantitative estimate of drug-likeness (QED) is 0.705. The van der Waals surface area contributed by atoms with Gasteiger partial charge < -0.3 is 10.4 Å². The Labute approximate surface area is 133 Å². The normalized spacial score (nSPS) is 11.2. The van der Waals surface area contributed by atoms with Crippen LogP contribution >= 0.6 is 22.6 Å². The van der Waals surface area contributed by atoms with Crippen molar-refractivity contribution in [2.24, 2.45) is 0 Å². The lowest BCUT2D eigenvalue weighted by atomic mass is 9.88. The smallest absolute Gasteiger partial charge is 0.305 e. The fraction of sp³-hybridized carbons (Fsp3) is 0.467. The highest BCUT2D eigenvalue weighted by Crippen LogP contribution is 2.20. The molecule has 0 fully saturated rings. The molecule has 0 aliphatic carbocycles. The second kappa shape index (κ2) is 7.61. The molecule has 2 N–H and O–H groups in total. The van der Waals surface area contributed by atoms with Gasteiger partial charge in [-0.1, -0.05) is 32.0 Å². The summed E-state index contributed by atoms with van der Waals surface area (Å²) in [5, 5.41) is 11.9. The first-order chi connectivity index (χ1) is 9.42. The summed E-state index contributed by atoms with van der Waals surface area (Å²) < 4.78 is 1.04. The van der Waals surface area contributed by atoms with Crippen LogP contribution in [0.2, 0.25) is 0 Å². The van der Waals surface area contributed by atoms with Crippen LogP contribution in [-0.4, -0.2) is 22.5 Å². The zero-order valence-corrected chi connectivity index (χ0v) is 13.9. The first-order valence-corrected chi connectivity index (χ1v) is 7.76. The van der Waals surface area contributed by atoms with Gasteiger partial charge in [-0.15, -0.1) is 0 Å². The summed E-state index contributed by atoms with van der Waals surface area (Å²) in [5.41, 5.74) is 0.311. The largest absolute Gasteiger partial charge is 0.481 e. The summed E-state index contributed by atoms with van der Waals surface area (Å²) in [5.74, 6) is -1.01. The van der Waals surface area contributed by atoms with Crippen molar-refractivity contribution >= 4 is 34.5 Å². The van der Waals surface area contributed by atoms with E-state index in [1.54, 1.807) is 0 Å². The Balaban J connectivity index is 2.77. The minimum Gasteiger partial charge on any atom is -0.481 e. The van der Waals surface area contributed by atoms with Gasteiger partial charge in [0.25, 0.3) is 0 Å². The van der Waals surface area contributed by atoms with E-state index in [2.05, 4.69) is 27.9 Å². The predicted molar refractivity (Wildman–Crippen MR) is 86.6 cm³/mol. The fourth-order valence-corrected chi connectivity index (χ4v) is 2.74. The molecule has 0 bridgehead atoms. The predicted octanol–water partition coefficient (Wildman–Crippen LogP) is 2.98. The number of carboxylic acids is 1. The maximum Gasteiger partial charge on any atom is 0.305 e. The van der Waals surface area contributed by atoms with Gasteiger partial charge in [-0.2, -0.15) is 0 Å². The van der Waals surface area contributed by atoms with Crippen molar-refractivity contribution in [3.63, 3.8) is 0 Å². The van der Waals surface area contributed by atoms with Crippen LogP contribution < -0.4 is 5.32 Å². The number of aliphatic carboxylic acids is 1. The number of carbonyl (C=O) groups excluding carboxylic acids is 1.